The predicted octanol–water partition coefficient (Wildman–Crippen LogP) is 5.01. The number of fused-ring (bicyclic) bond motifs is 1. The molecule has 2 heterocycles. The highest BCUT2D eigenvalue weighted by Crippen LogP contribution is 2.29. The average molecular weight is 314 g/mol. The minimum absolute atomic E-state index is 0.871. The van der Waals surface area contributed by atoms with Crippen molar-refractivity contribution in [2.75, 3.05) is 7.11 Å². The molecule has 0 N–H and O–H groups in total. The van der Waals surface area contributed by atoms with Gasteiger partial charge < -0.3 is 9.30 Å². The van der Waals surface area contributed by atoms with Gasteiger partial charge in [-0.05, 0) is 54.4 Å². The SMILES string of the molecule is COc1ccc(-c2ccc3cc(C)n(-c4ccncc4)c3c2)cc1. The topological polar surface area (TPSA) is 27.1 Å². The number of rotatable bonds is 3. The summed E-state index contributed by atoms with van der Waals surface area (Å²) >= 11 is 0. The third-order valence-electron chi connectivity index (χ3n) is 4.33. The van der Waals surface area contributed by atoms with Crippen molar-refractivity contribution < 1.29 is 4.74 Å². The molecule has 4 rings (SSSR count). The van der Waals surface area contributed by atoms with Crippen LogP contribution in [0.1, 0.15) is 5.69 Å². The molecule has 2 aromatic heterocycles. The zero-order valence-corrected chi connectivity index (χ0v) is 13.7. The molecule has 0 atom stereocenters. The molecule has 0 amide bonds. The lowest BCUT2D eigenvalue weighted by molar-refractivity contribution is 0.415. The lowest BCUT2D eigenvalue weighted by Gasteiger charge is -2.09. The minimum atomic E-state index is 0.871. The van der Waals surface area contributed by atoms with E-state index >= 15 is 0 Å². The number of aryl methyl sites for hydroxylation is 1. The van der Waals surface area contributed by atoms with Gasteiger partial charge in [0.1, 0.15) is 5.75 Å². The highest BCUT2D eigenvalue weighted by molar-refractivity contribution is 5.87. The Morgan fingerprint density at radius 3 is 2.25 bits per heavy atom. The fourth-order valence-electron chi connectivity index (χ4n) is 3.14. The second kappa shape index (κ2) is 5.85. The second-order valence-electron chi connectivity index (χ2n) is 5.83. The van der Waals surface area contributed by atoms with E-state index in [4.69, 9.17) is 4.74 Å². The molecule has 0 radical (unpaired) electrons. The first kappa shape index (κ1) is 14.5. The van der Waals surface area contributed by atoms with E-state index in [0.717, 1.165) is 11.4 Å². The van der Waals surface area contributed by atoms with Gasteiger partial charge in [-0.15, -0.1) is 0 Å². The highest BCUT2D eigenvalue weighted by Gasteiger charge is 2.09. The molecule has 24 heavy (non-hydrogen) atoms. The first-order valence-electron chi connectivity index (χ1n) is 7.93. The Hall–Kier alpha value is -3.07. The summed E-state index contributed by atoms with van der Waals surface area (Å²) in [7, 11) is 1.69. The largest absolute Gasteiger partial charge is 0.497 e. The van der Waals surface area contributed by atoms with Gasteiger partial charge in [0.15, 0.2) is 0 Å². The van der Waals surface area contributed by atoms with Crippen LogP contribution in [0.5, 0.6) is 5.75 Å². The van der Waals surface area contributed by atoms with Gasteiger partial charge in [-0.1, -0.05) is 24.3 Å². The molecule has 0 saturated carbocycles. The van der Waals surface area contributed by atoms with E-state index in [-0.39, 0.29) is 0 Å². The molecule has 0 fully saturated rings. The molecule has 2 aromatic carbocycles. The van der Waals surface area contributed by atoms with E-state index in [1.54, 1.807) is 7.11 Å². The number of benzene rings is 2. The molecule has 0 aliphatic rings. The maximum Gasteiger partial charge on any atom is 0.118 e. The molecule has 118 valence electrons. The van der Waals surface area contributed by atoms with Crippen molar-refractivity contribution >= 4 is 10.9 Å². The number of hydrogen-bond acceptors (Lipinski definition) is 2. The monoisotopic (exact) mass is 314 g/mol. The molecular formula is C21H18N2O. The Morgan fingerprint density at radius 1 is 0.833 bits per heavy atom. The maximum atomic E-state index is 5.25. The molecule has 3 heteroatoms. The van der Waals surface area contributed by atoms with Crippen molar-refractivity contribution in [2.45, 2.75) is 6.92 Å². The van der Waals surface area contributed by atoms with Gasteiger partial charge in [0.05, 0.1) is 12.6 Å². The Kier molecular flexibility index (Phi) is 3.54. The van der Waals surface area contributed by atoms with E-state index in [0.29, 0.717) is 0 Å². The van der Waals surface area contributed by atoms with Crippen molar-refractivity contribution in [1.29, 1.82) is 0 Å². The lowest BCUT2D eigenvalue weighted by Crippen LogP contribution is -1.96. The number of methoxy groups -OCH3 is 1. The number of aromatic nitrogens is 2. The Morgan fingerprint density at radius 2 is 1.54 bits per heavy atom. The summed E-state index contributed by atoms with van der Waals surface area (Å²) in [4.78, 5) is 4.12. The molecule has 0 aliphatic carbocycles. The molecule has 0 bridgehead atoms. The summed E-state index contributed by atoms with van der Waals surface area (Å²) in [6.45, 7) is 2.13. The standard InChI is InChI=1S/C21H18N2O/c1-15-13-18-4-3-17(16-5-7-20(24-2)8-6-16)14-21(18)23(15)19-9-11-22-12-10-19/h3-14H,1-2H3. The van der Waals surface area contributed by atoms with Gasteiger partial charge in [-0.25, -0.2) is 0 Å². The van der Waals surface area contributed by atoms with Crippen LogP contribution in [0, 0.1) is 6.92 Å². The van der Waals surface area contributed by atoms with Crippen molar-refractivity contribution in [3.05, 3.63) is 78.8 Å². The lowest BCUT2D eigenvalue weighted by atomic mass is 10.0. The van der Waals surface area contributed by atoms with Crippen LogP contribution in [-0.4, -0.2) is 16.7 Å². The average Bonchev–Trinajstić information content (AvgIpc) is 2.97. The van der Waals surface area contributed by atoms with E-state index in [2.05, 4.69) is 52.9 Å². The molecule has 3 nitrogen and oxygen atoms in total. The number of ether oxygens (including phenoxy) is 1. The normalized spacial score (nSPS) is 10.9. The van der Waals surface area contributed by atoms with Crippen LogP contribution in [0.2, 0.25) is 0 Å². The number of pyridine rings is 1. The zero-order valence-electron chi connectivity index (χ0n) is 13.7. The summed E-state index contributed by atoms with van der Waals surface area (Å²) < 4.78 is 7.51. The molecule has 0 unspecified atom stereocenters. The Balaban J connectivity index is 1.88. The van der Waals surface area contributed by atoms with Gasteiger partial charge in [-0.2, -0.15) is 0 Å². The maximum absolute atomic E-state index is 5.25. The number of hydrogen-bond donors (Lipinski definition) is 0. The first-order chi connectivity index (χ1) is 11.8. The van der Waals surface area contributed by atoms with Crippen molar-refractivity contribution in [3.63, 3.8) is 0 Å². The molecule has 4 aromatic rings. The van der Waals surface area contributed by atoms with Crippen LogP contribution < -0.4 is 4.74 Å². The van der Waals surface area contributed by atoms with Crippen molar-refractivity contribution in [2.24, 2.45) is 0 Å². The Labute approximate surface area is 141 Å². The van der Waals surface area contributed by atoms with E-state index in [1.165, 1.54) is 27.7 Å². The van der Waals surface area contributed by atoms with Crippen LogP contribution >= 0.6 is 0 Å². The summed E-state index contributed by atoms with van der Waals surface area (Å²) in [5.41, 5.74) is 5.91. The van der Waals surface area contributed by atoms with Gasteiger partial charge in [0.2, 0.25) is 0 Å². The van der Waals surface area contributed by atoms with Gasteiger partial charge in [0, 0.05) is 29.2 Å². The summed E-state index contributed by atoms with van der Waals surface area (Å²) in [5, 5.41) is 1.24. The van der Waals surface area contributed by atoms with E-state index in [1.807, 2.05) is 36.7 Å². The summed E-state index contributed by atoms with van der Waals surface area (Å²) in [6.07, 6.45) is 3.65. The smallest absolute Gasteiger partial charge is 0.118 e. The van der Waals surface area contributed by atoms with Gasteiger partial charge >= 0.3 is 0 Å². The summed E-state index contributed by atoms with van der Waals surface area (Å²) in [6, 6.07) is 21.0. The van der Waals surface area contributed by atoms with E-state index in [9.17, 15) is 0 Å². The van der Waals surface area contributed by atoms with Crippen molar-refractivity contribution in [3.8, 4) is 22.6 Å². The van der Waals surface area contributed by atoms with Crippen LogP contribution in [0.15, 0.2) is 73.1 Å². The molecule has 0 aliphatic heterocycles. The van der Waals surface area contributed by atoms with Crippen LogP contribution in [0.3, 0.4) is 0 Å². The number of nitrogens with zero attached hydrogens (tertiary/aromatic N) is 2. The van der Waals surface area contributed by atoms with Crippen molar-refractivity contribution in [1.82, 2.24) is 9.55 Å². The Bertz CT molecular complexity index is 986. The van der Waals surface area contributed by atoms with E-state index < -0.39 is 0 Å². The summed E-state index contributed by atoms with van der Waals surface area (Å²) in [5.74, 6) is 0.871. The quantitative estimate of drug-likeness (QED) is 0.531. The third kappa shape index (κ3) is 2.44. The zero-order chi connectivity index (χ0) is 16.5. The third-order valence-corrected chi connectivity index (χ3v) is 4.33. The minimum Gasteiger partial charge on any atom is -0.497 e. The fraction of sp³-hybridized carbons (Fsp3) is 0.0952. The van der Waals surface area contributed by atoms with Crippen LogP contribution in [0.4, 0.5) is 0 Å². The predicted molar refractivity (Wildman–Crippen MR) is 97.8 cm³/mol. The van der Waals surface area contributed by atoms with Crippen LogP contribution in [0.25, 0.3) is 27.7 Å². The fourth-order valence-corrected chi connectivity index (χ4v) is 3.14. The van der Waals surface area contributed by atoms with Crippen LogP contribution in [-0.2, 0) is 0 Å². The van der Waals surface area contributed by atoms with Gasteiger partial charge in [0.25, 0.3) is 0 Å². The van der Waals surface area contributed by atoms with Gasteiger partial charge in [-0.3, -0.25) is 4.98 Å². The first-order valence-corrected chi connectivity index (χ1v) is 7.93. The second-order valence-corrected chi connectivity index (χ2v) is 5.83. The molecule has 0 spiro atoms. The molecule has 0 saturated heterocycles. The highest BCUT2D eigenvalue weighted by atomic mass is 16.5. The molecular weight excluding hydrogens is 296 g/mol.